The maximum absolute atomic E-state index is 11.8. The van der Waals surface area contributed by atoms with Gasteiger partial charge in [0.1, 0.15) is 0 Å². The number of benzene rings is 1. The van der Waals surface area contributed by atoms with E-state index >= 15 is 0 Å². The molecule has 2 aromatic rings. The smallest absolute Gasteiger partial charge is 0.314 e. The van der Waals surface area contributed by atoms with Crippen molar-refractivity contribution in [2.24, 2.45) is 0 Å². The molecule has 0 aliphatic rings. The number of amides is 2. The van der Waals surface area contributed by atoms with E-state index in [0.717, 1.165) is 37.3 Å². The third kappa shape index (κ3) is 6.49. The molecule has 0 aliphatic heterocycles. The van der Waals surface area contributed by atoms with Crippen LogP contribution in [0.2, 0.25) is 0 Å². The molecule has 2 rings (SSSR count). The number of anilines is 1. The lowest BCUT2D eigenvalue weighted by atomic mass is 10.3. The second-order valence-electron chi connectivity index (χ2n) is 6.30. The maximum atomic E-state index is 11.8. The minimum atomic E-state index is -0.101. The Hall–Kier alpha value is -2.50. The lowest BCUT2D eigenvalue weighted by Gasteiger charge is -2.19. The van der Waals surface area contributed by atoms with E-state index in [2.05, 4.69) is 45.9 Å². The van der Waals surface area contributed by atoms with Crippen molar-refractivity contribution in [3.63, 3.8) is 0 Å². The van der Waals surface area contributed by atoms with Crippen LogP contribution in [0.5, 0.6) is 0 Å². The molecular weight excluding hydrogens is 314 g/mol. The SMILES string of the molecule is Cc1cc(C)n(CCCNC(=O)NCCCN(C)c2ccccc2)n1. The van der Waals surface area contributed by atoms with Crippen molar-refractivity contribution in [1.82, 2.24) is 20.4 Å². The summed E-state index contributed by atoms with van der Waals surface area (Å²) < 4.78 is 1.98. The van der Waals surface area contributed by atoms with Gasteiger partial charge >= 0.3 is 6.03 Å². The fourth-order valence-electron chi connectivity index (χ4n) is 2.72. The van der Waals surface area contributed by atoms with E-state index in [0.29, 0.717) is 13.1 Å². The predicted molar refractivity (Wildman–Crippen MR) is 102 cm³/mol. The van der Waals surface area contributed by atoms with Gasteiger partial charge in [-0.3, -0.25) is 4.68 Å². The quantitative estimate of drug-likeness (QED) is 0.688. The minimum Gasteiger partial charge on any atom is -0.375 e. The highest BCUT2D eigenvalue weighted by atomic mass is 16.2. The van der Waals surface area contributed by atoms with Crippen molar-refractivity contribution in [1.29, 1.82) is 0 Å². The number of para-hydroxylation sites is 1. The summed E-state index contributed by atoms with van der Waals surface area (Å²) in [5.74, 6) is 0. The monoisotopic (exact) mass is 343 g/mol. The summed E-state index contributed by atoms with van der Waals surface area (Å²) in [5, 5.41) is 10.2. The van der Waals surface area contributed by atoms with Gasteiger partial charge in [-0.2, -0.15) is 5.10 Å². The van der Waals surface area contributed by atoms with Crippen LogP contribution in [0.1, 0.15) is 24.2 Å². The summed E-state index contributed by atoms with van der Waals surface area (Å²) in [4.78, 5) is 14.0. The van der Waals surface area contributed by atoms with Crippen molar-refractivity contribution in [3.05, 3.63) is 47.8 Å². The number of hydrogen-bond donors (Lipinski definition) is 2. The normalized spacial score (nSPS) is 10.5. The first kappa shape index (κ1) is 18.8. The number of rotatable bonds is 9. The molecule has 136 valence electrons. The first-order chi connectivity index (χ1) is 12.1. The average molecular weight is 343 g/mol. The van der Waals surface area contributed by atoms with E-state index in [1.54, 1.807) is 0 Å². The van der Waals surface area contributed by atoms with E-state index < -0.39 is 0 Å². The van der Waals surface area contributed by atoms with Gasteiger partial charge in [-0.05, 0) is 44.9 Å². The molecule has 2 amide bonds. The molecule has 0 unspecified atom stereocenters. The van der Waals surface area contributed by atoms with Crippen LogP contribution in [0.15, 0.2) is 36.4 Å². The molecule has 0 fully saturated rings. The summed E-state index contributed by atoms with van der Waals surface area (Å²) in [7, 11) is 2.06. The predicted octanol–water partition coefficient (Wildman–Crippen LogP) is 2.72. The number of nitrogens with one attached hydrogen (secondary N) is 2. The van der Waals surface area contributed by atoms with E-state index in [4.69, 9.17) is 0 Å². The Morgan fingerprint density at radius 1 is 1.12 bits per heavy atom. The van der Waals surface area contributed by atoms with Gasteiger partial charge in [-0.15, -0.1) is 0 Å². The molecular formula is C19H29N5O. The van der Waals surface area contributed by atoms with Gasteiger partial charge < -0.3 is 15.5 Å². The molecule has 0 atom stereocenters. The molecule has 0 aliphatic carbocycles. The van der Waals surface area contributed by atoms with Gasteiger partial charge in [0, 0.05) is 44.6 Å². The number of nitrogens with zero attached hydrogens (tertiary/aromatic N) is 3. The highest BCUT2D eigenvalue weighted by Gasteiger charge is 2.03. The lowest BCUT2D eigenvalue weighted by Crippen LogP contribution is -2.37. The number of carbonyl (C=O) groups excluding carboxylic acids is 1. The first-order valence-corrected chi connectivity index (χ1v) is 8.85. The largest absolute Gasteiger partial charge is 0.375 e. The molecule has 6 nitrogen and oxygen atoms in total. The Balaban J connectivity index is 1.53. The first-order valence-electron chi connectivity index (χ1n) is 8.85. The molecule has 0 spiro atoms. The second-order valence-corrected chi connectivity index (χ2v) is 6.30. The highest BCUT2D eigenvalue weighted by Crippen LogP contribution is 2.10. The Labute approximate surface area is 150 Å². The molecule has 1 aromatic carbocycles. The van der Waals surface area contributed by atoms with Crippen molar-refractivity contribution < 1.29 is 4.79 Å². The Kier molecular flexibility index (Phi) is 7.32. The Morgan fingerprint density at radius 2 is 1.80 bits per heavy atom. The maximum Gasteiger partial charge on any atom is 0.314 e. The number of aromatic nitrogens is 2. The standard InChI is InChI=1S/C19H29N5O/c1-16-15-17(2)24(22-16)14-8-12-21-19(25)20-11-7-13-23(3)18-9-5-4-6-10-18/h4-6,9-10,15H,7-8,11-14H2,1-3H3,(H2,20,21,25). The van der Waals surface area contributed by atoms with Crippen molar-refractivity contribution in [2.45, 2.75) is 33.2 Å². The summed E-state index contributed by atoms with van der Waals surface area (Å²) in [5.41, 5.74) is 3.38. The third-order valence-corrected chi connectivity index (χ3v) is 4.09. The molecule has 2 N–H and O–H groups in total. The van der Waals surface area contributed by atoms with Crippen LogP contribution < -0.4 is 15.5 Å². The van der Waals surface area contributed by atoms with Crippen LogP contribution >= 0.6 is 0 Å². The van der Waals surface area contributed by atoms with E-state index in [1.807, 2.05) is 36.7 Å². The molecule has 0 saturated carbocycles. The molecule has 0 bridgehead atoms. The van der Waals surface area contributed by atoms with Gasteiger partial charge in [-0.25, -0.2) is 4.79 Å². The number of carbonyl (C=O) groups is 1. The van der Waals surface area contributed by atoms with Gasteiger partial charge in [0.05, 0.1) is 5.69 Å². The highest BCUT2D eigenvalue weighted by molar-refractivity contribution is 5.73. The van der Waals surface area contributed by atoms with Gasteiger partial charge in [-0.1, -0.05) is 18.2 Å². The van der Waals surface area contributed by atoms with Crippen molar-refractivity contribution in [3.8, 4) is 0 Å². The second kappa shape index (κ2) is 9.71. The molecule has 0 radical (unpaired) electrons. The van der Waals surface area contributed by atoms with Gasteiger partial charge in [0.25, 0.3) is 0 Å². The summed E-state index contributed by atoms with van der Waals surface area (Å²) in [6.45, 7) is 7.08. The zero-order valence-electron chi connectivity index (χ0n) is 15.5. The summed E-state index contributed by atoms with van der Waals surface area (Å²) >= 11 is 0. The molecule has 1 heterocycles. The van der Waals surface area contributed by atoms with Crippen LogP contribution in [0.25, 0.3) is 0 Å². The van der Waals surface area contributed by atoms with Crippen LogP contribution in [-0.2, 0) is 6.54 Å². The average Bonchev–Trinajstić information content (AvgIpc) is 2.93. The molecule has 0 saturated heterocycles. The fourth-order valence-corrected chi connectivity index (χ4v) is 2.72. The lowest BCUT2D eigenvalue weighted by molar-refractivity contribution is 0.240. The summed E-state index contributed by atoms with van der Waals surface area (Å²) in [6.07, 6.45) is 1.77. The van der Waals surface area contributed by atoms with E-state index in [-0.39, 0.29) is 6.03 Å². The van der Waals surface area contributed by atoms with Crippen LogP contribution in [0.3, 0.4) is 0 Å². The third-order valence-electron chi connectivity index (χ3n) is 4.09. The zero-order chi connectivity index (χ0) is 18.1. The van der Waals surface area contributed by atoms with Crippen LogP contribution in [0.4, 0.5) is 10.5 Å². The fraction of sp³-hybridized carbons (Fsp3) is 0.474. The van der Waals surface area contributed by atoms with Crippen LogP contribution in [0, 0.1) is 13.8 Å². The van der Waals surface area contributed by atoms with E-state index in [1.165, 1.54) is 5.69 Å². The summed E-state index contributed by atoms with van der Waals surface area (Å²) in [6, 6.07) is 12.2. The van der Waals surface area contributed by atoms with E-state index in [9.17, 15) is 4.79 Å². The number of aryl methyl sites for hydroxylation is 3. The van der Waals surface area contributed by atoms with Crippen LogP contribution in [-0.4, -0.2) is 42.5 Å². The Bertz CT molecular complexity index is 653. The number of hydrogen-bond acceptors (Lipinski definition) is 3. The Morgan fingerprint density at radius 3 is 2.44 bits per heavy atom. The number of urea groups is 1. The van der Waals surface area contributed by atoms with Crippen molar-refractivity contribution in [2.75, 3.05) is 31.6 Å². The van der Waals surface area contributed by atoms with Crippen molar-refractivity contribution >= 4 is 11.7 Å². The van der Waals surface area contributed by atoms with Gasteiger partial charge in [0.15, 0.2) is 0 Å². The molecule has 25 heavy (non-hydrogen) atoms. The molecule has 6 heteroatoms. The van der Waals surface area contributed by atoms with Gasteiger partial charge in [0.2, 0.25) is 0 Å². The molecule has 1 aromatic heterocycles. The zero-order valence-corrected chi connectivity index (χ0v) is 15.5. The topological polar surface area (TPSA) is 62.2 Å². The minimum absolute atomic E-state index is 0.101.